The molecule has 3 aromatic rings. The van der Waals surface area contributed by atoms with Crippen LogP contribution in [0.25, 0.3) is 11.4 Å². The van der Waals surface area contributed by atoms with E-state index in [0.717, 1.165) is 35.2 Å². The summed E-state index contributed by atoms with van der Waals surface area (Å²) in [6.45, 7) is 1.31. The van der Waals surface area contributed by atoms with Gasteiger partial charge in [0.2, 0.25) is 11.7 Å². The first-order valence-corrected chi connectivity index (χ1v) is 9.96. The molecule has 2 heterocycles. The van der Waals surface area contributed by atoms with E-state index >= 15 is 0 Å². The summed E-state index contributed by atoms with van der Waals surface area (Å²) in [5.74, 6) is 1.91. The van der Waals surface area contributed by atoms with Crippen LogP contribution in [0.2, 0.25) is 0 Å². The van der Waals surface area contributed by atoms with E-state index in [1.165, 1.54) is 0 Å². The number of amides is 1. The number of methoxy groups -OCH3 is 1. The summed E-state index contributed by atoms with van der Waals surface area (Å²) in [7, 11) is 1.62. The van der Waals surface area contributed by atoms with Crippen molar-refractivity contribution in [1.29, 1.82) is 0 Å². The zero-order valence-corrected chi connectivity index (χ0v) is 17.1. The van der Waals surface area contributed by atoms with E-state index in [9.17, 15) is 4.79 Å². The van der Waals surface area contributed by atoms with Gasteiger partial charge in [-0.2, -0.15) is 4.98 Å². The van der Waals surface area contributed by atoms with E-state index in [2.05, 4.69) is 26.1 Å². The molecule has 1 aromatic heterocycles. The molecule has 1 unspecified atom stereocenters. The van der Waals surface area contributed by atoms with Crippen molar-refractivity contribution in [2.75, 3.05) is 20.2 Å². The number of hydrogen-bond donors (Lipinski definition) is 0. The Kier molecular flexibility index (Phi) is 5.43. The highest BCUT2D eigenvalue weighted by Gasteiger charge is 2.29. The molecule has 1 aliphatic heterocycles. The monoisotopic (exact) mass is 441 g/mol. The SMILES string of the molecule is COc1cccc(-c2noc(C3CCCN(C(=O)c4cccc(Br)c4)C3)n2)c1. The third-order valence-electron chi connectivity index (χ3n) is 4.90. The predicted octanol–water partition coefficient (Wildman–Crippen LogP) is 4.53. The Balaban J connectivity index is 1.50. The van der Waals surface area contributed by atoms with Crippen LogP contribution in [0.5, 0.6) is 5.75 Å². The molecule has 0 bridgehead atoms. The number of carbonyl (C=O) groups is 1. The zero-order valence-electron chi connectivity index (χ0n) is 15.5. The number of benzene rings is 2. The van der Waals surface area contributed by atoms with Crippen LogP contribution in [-0.4, -0.2) is 41.1 Å². The van der Waals surface area contributed by atoms with Crippen LogP contribution in [0.15, 0.2) is 57.5 Å². The molecule has 0 N–H and O–H groups in total. The minimum Gasteiger partial charge on any atom is -0.497 e. The second kappa shape index (κ2) is 8.14. The number of likely N-dealkylation sites (tertiary alicyclic amines) is 1. The lowest BCUT2D eigenvalue weighted by atomic mass is 9.97. The highest BCUT2D eigenvalue weighted by molar-refractivity contribution is 9.10. The second-order valence-electron chi connectivity index (χ2n) is 6.79. The Morgan fingerprint density at radius 2 is 2.11 bits per heavy atom. The normalized spacial score (nSPS) is 16.8. The van der Waals surface area contributed by atoms with E-state index in [1.807, 2.05) is 53.4 Å². The van der Waals surface area contributed by atoms with Gasteiger partial charge in [-0.1, -0.05) is 39.3 Å². The van der Waals surface area contributed by atoms with E-state index < -0.39 is 0 Å². The first-order valence-electron chi connectivity index (χ1n) is 9.17. The molecule has 1 aliphatic rings. The molecule has 4 rings (SSSR count). The van der Waals surface area contributed by atoms with E-state index in [0.29, 0.717) is 23.8 Å². The van der Waals surface area contributed by atoms with Gasteiger partial charge in [0.25, 0.3) is 5.91 Å². The summed E-state index contributed by atoms with van der Waals surface area (Å²) in [6, 6.07) is 15.0. The van der Waals surface area contributed by atoms with Crippen LogP contribution in [0.4, 0.5) is 0 Å². The first kappa shape index (κ1) is 18.7. The number of aromatic nitrogens is 2. The highest BCUT2D eigenvalue weighted by atomic mass is 79.9. The van der Waals surface area contributed by atoms with Gasteiger partial charge in [0.05, 0.1) is 13.0 Å². The Morgan fingerprint density at radius 3 is 2.93 bits per heavy atom. The van der Waals surface area contributed by atoms with Gasteiger partial charge in [-0.15, -0.1) is 0 Å². The molecule has 7 heteroatoms. The van der Waals surface area contributed by atoms with Crippen molar-refractivity contribution in [2.45, 2.75) is 18.8 Å². The van der Waals surface area contributed by atoms with Crippen LogP contribution in [-0.2, 0) is 0 Å². The molecule has 1 amide bonds. The number of nitrogens with zero attached hydrogens (tertiary/aromatic N) is 3. The molecule has 0 radical (unpaired) electrons. The maximum absolute atomic E-state index is 12.9. The van der Waals surface area contributed by atoms with Crippen molar-refractivity contribution >= 4 is 21.8 Å². The molecule has 28 heavy (non-hydrogen) atoms. The third-order valence-corrected chi connectivity index (χ3v) is 5.39. The van der Waals surface area contributed by atoms with Gasteiger partial charge in [0, 0.05) is 28.7 Å². The summed E-state index contributed by atoms with van der Waals surface area (Å²) in [5, 5.41) is 4.13. The number of halogens is 1. The van der Waals surface area contributed by atoms with Gasteiger partial charge < -0.3 is 14.2 Å². The smallest absolute Gasteiger partial charge is 0.253 e. The van der Waals surface area contributed by atoms with Gasteiger partial charge in [-0.25, -0.2) is 0 Å². The summed E-state index contributed by atoms with van der Waals surface area (Å²) in [6.07, 6.45) is 1.82. The lowest BCUT2D eigenvalue weighted by molar-refractivity contribution is 0.0695. The largest absolute Gasteiger partial charge is 0.497 e. The minimum absolute atomic E-state index is 0.0264. The molecular formula is C21H20BrN3O3. The quantitative estimate of drug-likeness (QED) is 0.594. The van der Waals surface area contributed by atoms with Gasteiger partial charge >= 0.3 is 0 Å². The van der Waals surface area contributed by atoms with Crippen molar-refractivity contribution in [3.05, 3.63) is 64.5 Å². The van der Waals surface area contributed by atoms with E-state index in [-0.39, 0.29) is 11.8 Å². The van der Waals surface area contributed by atoms with Crippen molar-refractivity contribution in [3.63, 3.8) is 0 Å². The number of piperidine rings is 1. The van der Waals surface area contributed by atoms with E-state index in [1.54, 1.807) is 7.11 Å². The molecule has 2 aromatic carbocycles. The van der Waals surface area contributed by atoms with E-state index in [4.69, 9.17) is 9.26 Å². The fourth-order valence-electron chi connectivity index (χ4n) is 3.45. The lowest BCUT2D eigenvalue weighted by Gasteiger charge is -2.31. The first-order chi connectivity index (χ1) is 13.6. The van der Waals surface area contributed by atoms with Crippen molar-refractivity contribution in [1.82, 2.24) is 15.0 Å². The molecule has 1 atom stereocenters. The third kappa shape index (κ3) is 3.94. The van der Waals surface area contributed by atoms with Crippen LogP contribution < -0.4 is 4.74 Å². The second-order valence-corrected chi connectivity index (χ2v) is 7.70. The van der Waals surface area contributed by atoms with Gasteiger partial charge in [-0.05, 0) is 43.2 Å². The Bertz CT molecular complexity index is 988. The highest BCUT2D eigenvalue weighted by Crippen LogP contribution is 2.29. The summed E-state index contributed by atoms with van der Waals surface area (Å²) in [5.41, 5.74) is 1.52. The van der Waals surface area contributed by atoms with Crippen molar-refractivity contribution in [3.8, 4) is 17.1 Å². The molecule has 0 aliphatic carbocycles. The number of ether oxygens (including phenoxy) is 1. The average molecular weight is 442 g/mol. The Labute approximate surface area is 171 Å². The van der Waals surface area contributed by atoms with Gasteiger partial charge in [0.1, 0.15) is 5.75 Å². The summed E-state index contributed by atoms with van der Waals surface area (Å²) in [4.78, 5) is 19.3. The number of hydrogen-bond acceptors (Lipinski definition) is 5. The number of rotatable bonds is 4. The lowest BCUT2D eigenvalue weighted by Crippen LogP contribution is -2.39. The molecule has 1 saturated heterocycles. The van der Waals surface area contributed by atoms with Gasteiger partial charge in [-0.3, -0.25) is 4.79 Å². The maximum atomic E-state index is 12.9. The predicted molar refractivity (Wildman–Crippen MR) is 108 cm³/mol. The number of carbonyl (C=O) groups excluding carboxylic acids is 1. The molecule has 6 nitrogen and oxygen atoms in total. The van der Waals surface area contributed by atoms with Crippen LogP contribution >= 0.6 is 15.9 Å². The summed E-state index contributed by atoms with van der Waals surface area (Å²) >= 11 is 3.43. The van der Waals surface area contributed by atoms with Crippen molar-refractivity contribution in [2.24, 2.45) is 0 Å². The van der Waals surface area contributed by atoms with Gasteiger partial charge in [0.15, 0.2) is 0 Å². The summed E-state index contributed by atoms with van der Waals surface area (Å²) < 4.78 is 11.7. The minimum atomic E-state index is 0.0264. The average Bonchev–Trinajstić information content (AvgIpc) is 3.24. The molecule has 1 fully saturated rings. The van der Waals surface area contributed by atoms with Crippen molar-refractivity contribution < 1.29 is 14.1 Å². The van der Waals surface area contributed by atoms with Crippen LogP contribution in [0, 0.1) is 0 Å². The fourth-order valence-corrected chi connectivity index (χ4v) is 3.85. The molecule has 0 spiro atoms. The maximum Gasteiger partial charge on any atom is 0.253 e. The standard InChI is InChI=1S/C21H20BrN3O3/c1-27-18-9-3-5-14(12-18)19-23-20(28-24-19)16-7-4-10-25(13-16)21(26)15-6-2-8-17(22)11-15/h2-3,5-6,8-9,11-12,16H,4,7,10,13H2,1H3. The molecule has 144 valence electrons. The van der Waals surface area contributed by atoms with Crippen LogP contribution in [0.1, 0.15) is 35.0 Å². The molecular weight excluding hydrogens is 422 g/mol. The zero-order chi connectivity index (χ0) is 19.5. The van der Waals surface area contributed by atoms with Crippen LogP contribution in [0.3, 0.4) is 0 Å². The topological polar surface area (TPSA) is 68.5 Å². The fraction of sp³-hybridized carbons (Fsp3) is 0.286. The Morgan fingerprint density at radius 1 is 1.25 bits per heavy atom. The molecule has 0 saturated carbocycles. The Hall–Kier alpha value is -2.67.